The quantitative estimate of drug-likeness (QED) is 0.772. The molecule has 1 heterocycles. The molecule has 0 radical (unpaired) electrons. The van der Waals surface area contributed by atoms with Crippen LogP contribution in [0.4, 0.5) is 14.9 Å². The number of rotatable bonds is 3. The van der Waals surface area contributed by atoms with Crippen LogP contribution >= 0.6 is 0 Å². The molecule has 6 heteroatoms. The van der Waals surface area contributed by atoms with Crippen LogP contribution in [0.15, 0.2) is 42.5 Å². The van der Waals surface area contributed by atoms with E-state index in [1.54, 1.807) is 24.3 Å². The van der Waals surface area contributed by atoms with Crippen molar-refractivity contribution in [2.24, 2.45) is 0 Å². The zero-order chi connectivity index (χ0) is 17.1. The second-order valence-corrected chi connectivity index (χ2v) is 5.53. The number of hydrogen-bond acceptors (Lipinski definition) is 3. The predicted molar refractivity (Wildman–Crippen MR) is 91.3 cm³/mol. The number of urea groups is 1. The number of aryl methyl sites for hydroxylation is 2. The molecule has 3 aromatic rings. The molecule has 122 valence electrons. The van der Waals surface area contributed by atoms with Crippen LogP contribution in [0.5, 0.6) is 0 Å². The zero-order valence-electron chi connectivity index (χ0n) is 13.4. The molecule has 0 unspecified atom stereocenters. The van der Waals surface area contributed by atoms with E-state index in [4.69, 9.17) is 0 Å². The fourth-order valence-corrected chi connectivity index (χ4v) is 2.27. The Morgan fingerprint density at radius 3 is 2.38 bits per heavy atom. The van der Waals surface area contributed by atoms with Gasteiger partial charge in [-0.15, -0.1) is 0 Å². The molecule has 0 aliphatic rings. The molecular formula is C18H17FN4O. The number of anilines is 1. The third-order valence-electron chi connectivity index (χ3n) is 3.70. The van der Waals surface area contributed by atoms with Gasteiger partial charge in [0.15, 0.2) is 0 Å². The minimum atomic E-state index is -0.338. The van der Waals surface area contributed by atoms with Crippen LogP contribution < -0.4 is 10.6 Å². The van der Waals surface area contributed by atoms with Crippen LogP contribution in [0.1, 0.15) is 17.0 Å². The topological polar surface area (TPSA) is 66.9 Å². The number of nitrogens with zero attached hydrogens (tertiary/aromatic N) is 2. The van der Waals surface area contributed by atoms with E-state index in [1.165, 1.54) is 12.1 Å². The molecule has 0 bridgehead atoms. The van der Waals surface area contributed by atoms with Gasteiger partial charge in [-0.25, -0.2) is 19.2 Å². The van der Waals surface area contributed by atoms with E-state index in [-0.39, 0.29) is 11.8 Å². The molecule has 2 amide bonds. The summed E-state index contributed by atoms with van der Waals surface area (Å²) in [5.74, 6) is -0.300. The Morgan fingerprint density at radius 1 is 1.00 bits per heavy atom. The molecule has 2 N–H and O–H groups in total. The van der Waals surface area contributed by atoms with Crippen LogP contribution in [0.3, 0.4) is 0 Å². The van der Waals surface area contributed by atoms with Crippen LogP contribution in [0, 0.1) is 19.7 Å². The number of halogens is 1. The Balaban J connectivity index is 1.66. The standard InChI is InChI=1S/C18H17FN4O/c1-11-12(2)22-17-9-15(7-8-16(17)21-11)23-18(24)20-10-13-3-5-14(19)6-4-13/h3-9H,10H2,1-2H3,(H2,20,23,24). The molecule has 0 saturated carbocycles. The Kier molecular flexibility index (Phi) is 4.37. The normalized spacial score (nSPS) is 10.6. The fraction of sp³-hybridized carbons (Fsp3) is 0.167. The van der Waals surface area contributed by atoms with E-state index in [2.05, 4.69) is 20.6 Å². The van der Waals surface area contributed by atoms with E-state index in [0.717, 1.165) is 28.0 Å². The van der Waals surface area contributed by atoms with E-state index in [0.29, 0.717) is 12.2 Å². The Hall–Kier alpha value is -3.02. The highest BCUT2D eigenvalue weighted by molar-refractivity contribution is 5.91. The van der Waals surface area contributed by atoms with Crippen LogP contribution in [0.2, 0.25) is 0 Å². The van der Waals surface area contributed by atoms with Crippen LogP contribution in [-0.2, 0) is 6.54 Å². The monoisotopic (exact) mass is 324 g/mol. The first kappa shape index (κ1) is 15.9. The smallest absolute Gasteiger partial charge is 0.319 e. The first-order chi connectivity index (χ1) is 11.5. The van der Waals surface area contributed by atoms with Gasteiger partial charge >= 0.3 is 6.03 Å². The first-order valence-corrected chi connectivity index (χ1v) is 7.55. The molecule has 0 aliphatic carbocycles. The zero-order valence-corrected chi connectivity index (χ0v) is 13.4. The summed E-state index contributed by atoms with van der Waals surface area (Å²) in [6.45, 7) is 4.13. The summed E-state index contributed by atoms with van der Waals surface area (Å²) in [4.78, 5) is 20.9. The molecule has 0 atom stereocenters. The van der Waals surface area contributed by atoms with Crippen molar-refractivity contribution in [3.8, 4) is 0 Å². The maximum atomic E-state index is 12.8. The van der Waals surface area contributed by atoms with E-state index in [1.807, 2.05) is 19.9 Å². The van der Waals surface area contributed by atoms with Crippen LogP contribution in [-0.4, -0.2) is 16.0 Å². The summed E-state index contributed by atoms with van der Waals surface area (Å²) < 4.78 is 12.8. The maximum Gasteiger partial charge on any atom is 0.319 e. The van der Waals surface area contributed by atoms with E-state index in [9.17, 15) is 9.18 Å². The van der Waals surface area contributed by atoms with Crippen molar-refractivity contribution in [3.63, 3.8) is 0 Å². The summed E-state index contributed by atoms with van der Waals surface area (Å²) in [5, 5.41) is 5.48. The molecule has 0 saturated heterocycles. The molecule has 1 aromatic heterocycles. The second kappa shape index (κ2) is 6.62. The summed E-state index contributed by atoms with van der Waals surface area (Å²) >= 11 is 0. The maximum absolute atomic E-state index is 12.8. The summed E-state index contributed by atoms with van der Waals surface area (Å²) in [6, 6.07) is 11.0. The number of benzene rings is 2. The van der Waals surface area contributed by atoms with Crippen LogP contribution in [0.25, 0.3) is 11.0 Å². The number of nitrogens with one attached hydrogen (secondary N) is 2. The number of amides is 2. The van der Waals surface area contributed by atoms with Gasteiger partial charge in [0.1, 0.15) is 5.82 Å². The lowest BCUT2D eigenvalue weighted by Crippen LogP contribution is -2.28. The molecule has 3 rings (SSSR count). The minimum absolute atomic E-state index is 0.300. The van der Waals surface area contributed by atoms with Crippen molar-refractivity contribution in [2.45, 2.75) is 20.4 Å². The average Bonchev–Trinajstić information content (AvgIpc) is 2.56. The van der Waals surface area contributed by atoms with Gasteiger partial charge < -0.3 is 10.6 Å². The van der Waals surface area contributed by atoms with Gasteiger partial charge in [-0.1, -0.05) is 12.1 Å². The highest BCUT2D eigenvalue weighted by Crippen LogP contribution is 2.17. The van der Waals surface area contributed by atoms with Gasteiger partial charge in [-0.3, -0.25) is 0 Å². The molecule has 2 aromatic carbocycles. The van der Waals surface area contributed by atoms with Gasteiger partial charge in [0, 0.05) is 12.2 Å². The van der Waals surface area contributed by atoms with Crippen molar-refractivity contribution < 1.29 is 9.18 Å². The molecule has 24 heavy (non-hydrogen) atoms. The Labute approximate surface area is 138 Å². The van der Waals surface area contributed by atoms with Crippen molar-refractivity contribution in [3.05, 3.63) is 65.2 Å². The summed E-state index contributed by atoms with van der Waals surface area (Å²) in [6.07, 6.45) is 0. The number of hydrogen-bond donors (Lipinski definition) is 2. The molecule has 0 fully saturated rings. The minimum Gasteiger partial charge on any atom is -0.334 e. The van der Waals surface area contributed by atoms with Gasteiger partial charge in [0.25, 0.3) is 0 Å². The lowest BCUT2D eigenvalue weighted by Gasteiger charge is -2.09. The highest BCUT2D eigenvalue weighted by Gasteiger charge is 2.06. The number of carbonyl (C=O) groups is 1. The Bertz CT molecular complexity index is 893. The average molecular weight is 324 g/mol. The first-order valence-electron chi connectivity index (χ1n) is 7.55. The Morgan fingerprint density at radius 2 is 1.67 bits per heavy atom. The van der Waals surface area contributed by atoms with Crippen molar-refractivity contribution in [1.82, 2.24) is 15.3 Å². The second-order valence-electron chi connectivity index (χ2n) is 5.53. The number of aromatic nitrogens is 2. The van der Waals surface area contributed by atoms with E-state index < -0.39 is 0 Å². The summed E-state index contributed by atoms with van der Waals surface area (Å²) in [5.41, 5.74) is 4.73. The summed E-state index contributed by atoms with van der Waals surface area (Å²) in [7, 11) is 0. The van der Waals surface area contributed by atoms with Gasteiger partial charge in [0.2, 0.25) is 0 Å². The third kappa shape index (κ3) is 3.65. The highest BCUT2D eigenvalue weighted by atomic mass is 19.1. The number of carbonyl (C=O) groups excluding carboxylic acids is 1. The largest absolute Gasteiger partial charge is 0.334 e. The third-order valence-corrected chi connectivity index (χ3v) is 3.70. The number of fused-ring (bicyclic) bond motifs is 1. The van der Waals surface area contributed by atoms with Gasteiger partial charge in [0.05, 0.1) is 22.4 Å². The predicted octanol–water partition coefficient (Wildman–Crippen LogP) is 3.71. The lowest BCUT2D eigenvalue weighted by atomic mass is 10.2. The van der Waals surface area contributed by atoms with Gasteiger partial charge in [-0.2, -0.15) is 0 Å². The van der Waals surface area contributed by atoms with Crippen molar-refractivity contribution >= 4 is 22.8 Å². The van der Waals surface area contributed by atoms with Crippen molar-refractivity contribution in [1.29, 1.82) is 0 Å². The molecule has 0 spiro atoms. The molecule has 0 aliphatic heterocycles. The lowest BCUT2D eigenvalue weighted by molar-refractivity contribution is 0.251. The van der Waals surface area contributed by atoms with E-state index >= 15 is 0 Å². The fourth-order valence-electron chi connectivity index (χ4n) is 2.27. The SMILES string of the molecule is Cc1nc2ccc(NC(=O)NCc3ccc(F)cc3)cc2nc1C. The molecule has 5 nitrogen and oxygen atoms in total. The van der Waals surface area contributed by atoms with Gasteiger partial charge in [-0.05, 0) is 49.7 Å². The molecular weight excluding hydrogens is 307 g/mol. The van der Waals surface area contributed by atoms with Crippen molar-refractivity contribution in [2.75, 3.05) is 5.32 Å².